The molecule has 0 radical (unpaired) electrons. The Morgan fingerprint density at radius 1 is 1.14 bits per heavy atom. The van der Waals surface area contributed by atoms with Gasteiger partial charge >= 0.3 is 0 Å². The minimum atomic E-state index is -0.620. The Morgan fingerprint density at radius 2 is 1.79 bits per heavy atom. The van der Waals surface area contributed by atoms with E-state index in [1.165, 1.54) is 4.90 Å². The van der Waals surface area contributed by atoms with Crippen molar-refractivity contribution in [2.75, 3.05) is 14.2 Å². The molecule has 1 amide bonds. The number of rotatable bonds is 8. The first kappa shape index (κ1) is 20.7. The van der Waals surface area contributed by atoms with Crippen molar-refractivity contribution in [3.8, 4) is 22.9 Å². The first-order valence-corrected chi connectivity index (χ1v) is 9.52. The molecule has 152 valence electrons. The van der Waals surface area contributed by atoms with Crippen molar-refractivity contribution in [2.45, 2.75) is 26.0 Å². The highest BCUT2D eigenvalue weighted by molar-refractivity contribution is 6.30. The molecule has 2 aromatic carbocycles. The number of carbonyl (C=O) groups is 1. The monoisotopic (exact) mass is 415 g/mol. The van der Waals surface area contributed by atoms with E-state index in [-0.39, 0.29) is 12.5 Å². The number of halogens is 1. The maximum atomic E-state index is 12.8. The average molecular weight is 416 g/mol. The fraction of sp³-hybridized carbons (Fsp3) is 0.286. The SMILES string of the molecule is CC[C@H](Oc1ccc(Cl)cc1)C(=O)N(C)Cc1nc(-c2ccc(OC)cc2)no1. The molecule has 3 aromatic rings. The van der Waals surface area contributed by atoms with Crippen LogP contribution in [0.3, 0.4) is 0 Å². The lowest BCUT2D eigenvalue weighted by Gasteiger charge is -2.22. The van der Waals surface area contributed by atoms with Crippen molar-refractivity contribution in [3.63, 3.8) is 0 Å². The first-order chi connectivity index (χ1) is 14.0. The number of amides is 1. The molecule has 0 aliphatic carbocycles. The van der Waals surface area contributed by atoms with Gasteiger partial charge in [0.15, 0.2) is 6.10 Å². The number of hydrogen-bond acceptors (Lipinski definition) is 6. The second kappa shape index (κ2) is 9.43. The molecular weight excluding hydrogens is 394 g/mol. The summed E-state index contributed by atoms with van der Waals surface area (Å²) in [5, 5.41) is 4.60. The summed E-state index contributed by atoms with van der Waals surface area (Å²) in [7, 11) is 3.28. The summed E-state index contributed by atoms with van der Waals surface area (Å²) in [5.74, 6) is 1.95. The molecule has 7 nitrogen and oxygen atoms in total. The van der Waals surface area contributed by atoms with Gasteiger partial charge in [0.1, 0.15) is 11.5 Å². The van der Waals surface area contributed by atoms with E-state index >= 15 is 0 Å². The summed E-state index contributed by atoms with van der Waals surface area (Å²) >= 11 is 5.89. The molecule has 29 heavy (non-hydrogen) atoms. The van der Waals surface area contributed by atoms with Crippen LogP contribution >= 0.6 is 11.6 Å². The molecule has 3 rings (SSSR count). The summed E-state index contributed by atoms with van der Waals surface area (Å²) in [5.41, 5.74) is 0.798. The van der Waals surface area contributed by atoms with Crippen molar-refractivity contribution in [1.82, 2.24) is 15.0 Å². The van der Waals surface area contributed by atoms with Gasteiger partial charge in [0.05, 0.1) is 13.7 Å². The number of nitrogens with zero attached hydrogens (tertiary/aromatic N) is 3. The zero-order valence-corrected chi connectivity index (χ0v) is 17.2. The highest BCUT2D eigenvalue weighted by Crippen LogP contribution is 2.21. The lowest BCUT2D eigenvalue weighted by atomic mass is 10.2. The van der Waals surface area contributed by atoms with Gasteiger partial charge in [-0.25, -0.2) is 0 Å². The van der Waals surface area contributed by atoms with Crippen LogP contribution in [0.4, 0.5) is 0 Å². The number of carbonyl (C=O) groups excluding carboxylic acids is 1. The molecule has 0 spiro atoms. The van der Waals surface area contributed by atoms with E-state index < -0.39 is 6.10 Å². The standard InChI is InChI=1S/C21H22ClN3O4/c1-4-18(28-17-11-7-15(22)8-12-17)21(26)25(2)13-19-23-20(24-29-19)14-5-9-16(27-3)10-6-14/h5-12,18H,4,13H2,1-3H3/t18-/m0/s1. The number of hydrogen-bond donors (Lipinski definition) is 0. The van der Waals surface area contributed by atoms with Gasteiger partial charge in [0.25, 0.3) is 5.91 Å². The largest absolute Gasteiger partial charge is 0.497 e. The molecule has 0 saturated carbocycles. The molecule has 0 fully saturated rings. The lowest BCUT2D eigenvalue weighted by Crippen LogP contribution is -2.39. The van der Waals surface area contributed by atoms with Crippen LogP contribution in [0.1, 0.15) is 19.2 Å². The molecule has 1 aromatic heterocycles. The van der Waals surface area contributed by atoms with Crippen LogP contribution in [0.25, 0.3) is 11.4 Å². The van der Waals surface area contributed by atoms with Crippen LogP contribution < -0.4 is 9.47 Å². The van der Waals surface area contributed by atoms with Gasteiger partial charge < -0.3 is 18.9 Å². The summed E-state index contributed by atoms with van der Waals surface area (Å²) in [4.78, 5) is 18.6. The number of likely N-dealkylation sites (N-methyl/N-ethyl adjacent to an activating group) is 1. The van der Waals surface area contributed by atoms with Gasteiger partial charge in [0.2, 0.25) is 11.7 Å². The second-order valence-corrected chi connectivity index (χ2v) is 6.84. The third kappa shape index (κ3) is 5.26. The van der Waals surface area contributed by atoms with Crippen molar-refractivity contribution < 1.29 is 18.8 Å². The Morgan fingerprint density at radius 3 is 2.41 bits per heavy atom. The molecule has 0 bridgehead atoms. The van der Waals surface area contributed by atoms with E-state index in [0.29, 0.717) is 28.9 Å². The third-order valence-electron chi connectivity index (χ3n) is 4.30. The zero-order valence-electron chi connectivity index (χ0n) is 16.5. The molecule has 0 saturated heterocycles. The predicted octanol–water partition coefficient (Wildman–Crippen LogP) is 4.21. The van der Waals surface area contributed by atoms with E-state index in [1.807, 2.05) is 31.2 Å². The Labute approximate surface area is 174 Å². The zero-order chi connectivity index (χ0) is 20.8. The van der Waals surface area contributed by atoms with E-state index in [9.17, 15) is 4.79 Å². The lowest BCUT2D eigenvalue weighted by molar-refractivity contribution is -0.138. The second-order valence-electron chi connectivity index (χ2n) is 6.40. The van der Waals surface area contributed by atoms with Crippen molar-refractivity contribution in [3.05, 3.63) is 59.4 Å². The third-order valence-corrected chi connectivity index (χ3v) is 4.56. The average Bonchev–Trinajstić information content (AvgIpc) is 3.21. The first-order valence-electron chi connectivity index (χ1n) is 9.14. The fourth-order valence-corrected chi connectivity index (χ4v) is 2.81. The fourth-order valence-electron chi connectivity index (χ4n) is 2.69. The van der Waals surface area contributed by atoms with Crippen molar-refractivity contribution in [1.29, 1.82) is 0 Å². The number of benzene rings is 2. The molecule has 0 N–H and O–H groups in total. The number of methoxy groups -OCH3 is 1. The predicted molar refractivity (Wildman–Crippen MR) is 109 cm³/mol. The minimum absolute atomic E-state index is 0.174. The van der Waals surface area contributed by atoms with E-state index in [0.717, 1.165) is 11.3 Å². The summed E-state index contributed by atoms with van der Waals surface area (Å²) in [6.07, 6.45) is -0.0997. The molecule has 0 aliphatic rings. The van der Waals surface area contributed by atoms with Gasteiger partial charge in [-0.1, -0.05) is 23.7 Å². The molecule has 1 heterocycles. The molecule has 0 aliphatic heterocycles. The van der Waals surface area contributed by atoms with E-state index in [2.05, 4.69) is 10.1 Å². The quantitative estimate of drug-likeness (QED) is 0.548. The highest BCUT2D eigenvalue weighted by atomic mass is 35.5. The van der Waals surface area contributed by atoms with Crippen LogP contribution in [0.2, 0.25) is 5.02 Å². The van der Waals surface area contributed by atoms with E-state index in [1.54, 1.807) is 38.4 Å². The minimum Gasteiger partial charge on any atom is -0.497 e. The number of aromatic nitrogens is 2. The molecular formula is C21H22ClN3O4. The van der Waals surface area contributed by atoms with Gasteiger partial charge in [-0.2, -0.15) is 4.98 Å². The maximum absolute atomic E-state index is 12.8. The topological polar surface area (TPSA) is 77.7 Å². The van der Waals surface area contributed by atoms with Crippen LogP contribution in [0, 0.1) is 0 Å². The van der Waals surface area contributed by atoms with Crippen molar-refractivity contribution >= 4 is 17.5 Å². The molecule has 8 heteroatoms. The Hall–Kier alpha value is -3.06. The summed E-state index contributed by atoms with van der Waals surface area (Å²) < 4.78 is 16.3. The van der Waals surface area contributed by atoms with Crippen molar-refractivity contribution in [2.24, 2.45) is 0 Å². The highest BCUT2D eigenvalue weighted by Gasteiger charge is 2.24. The van der Waals surface area contributed by atoms with Crippen LogP contribution in [0.5, 0.6) is 11.5 Å². The van der Waals surface area contributed by atoms with Gasteiger partial charge in [-0.15, -0.1) is 0 Å². The number of ether oxygens (including phenoxy) is 2. The van der Waals surface area contributed by atoms with Gasteiger partial charge in [-0.3, -0.25) is 4.79 Å². The summed E-state index contributed by atoms with van der Waals surface area (Å²) in [6, 6.07) is 14.2. The smallest absolute Gasteiger partial charge is 0.263 e. The normalized spacial score (nSPS) is 11.7. The Bertz CT molecular complexity index is 941. The Kier molecular flexibility index (Phi) is 6.72. The van der Waals surface area contributed by atoms with Gasteiger partial charge in [-0.05, 0) is 55.0 Å². The van der Waals surface area contributed by atoms with Crippen LogP contribution in [0.15, 0.2) is 53.1 Å². The molecule has 1 atom stereocenters. The van der Waals surface area contributed by atoms with Crippen LogP contribution in [-0.4, -0.2) is 41.2 Å². The van der Waals surface area contributed by atoms with Gasteiger partial charge in [0, 0.05) is 17.6 Å². The molecule has 0 unspecified atom stereocenters. The van der Waals surface area contributed by atoms with Crippen LogP contribution in [-0.2, 0) is 11.3 Å². The van der Waals surface area contributed by atoms with E-state index in [4.69, 9.17) is 25.6 Å². The summed E-state index contributed by atoms with van der Waals surface area (Å²) in [6.45, 7) is 2.07. The Balaban J connectivity index is 1.63. The maximum Gasteiger partial charge on any atom is 0.263 e.